The van der Waals surface area contributed by atoms with Gasteiger partial charge in [-0.2, -0.15) is 19.6 Å². The van der Waals surface area contributed by atoms with Gasteiger partial charge in [0.1, 0.15) is 5.70 Å². The lowest BCUT2D eigenvalue weighted by Gasteiger charge is -2.28. The van der Waals surface area contributed by atoms with Gasteiger partial charge in [-0.05, 0) is 44.6 Å². The molecule has 3 fully saturated rings. The Morgan fingerprint density at radius 3 is 2.63 bits per heavy atom. The van der Waals surface area contributed by atoms with Gasteiger partial charge in [-0.1, -0.05) is 19.3 Å². The predicted molar refractivity (Wildman–Crippen MR) is 112 cm³/mol. The molecule has 0 radical (unpaired) electrons. The van der Waals surface area contributed by atoms with Crippen molar-refractivity contribution in [3.63, 3.8) is 0 Å². The number of nitrogens with one attached hydrogen (secondary N) is 4. The van der Waals surface area contributed by atoms with E-state index >= 15 is 0 Å². The minimum atomic E-state index is -0.530. The number of imide groups is 1. The lowest BCUT2D eigenvalue weighted by Crippen LogP contribution is -2.29. The molecular formula is C20H26N8O2. The number of hydrogen-bond donors (Lipinski definition) is 4. The third-order valence-electron chi connectivity index (χ3n) is 6.04. The molecule has 0 spiro atoms. The van der Waals surface area contributed by atoms with E-state index in [2.05, 4.69) is 38.3 Å². The molecule has 4 N–H and O–H groups in total. The molecule has 2 aromatic heterocycles. The second-order valence-electron chi connectivity index (χ2n) is 8.42. The highest BCUT2D eigenvalue weighted by Gasteiger charge is 2.27. The van der Waals surface area contributed by atoms with Crippen molar-refractivity contribution >= 4 is 35.6 Å². The number of amides is 3. The third-order valence-corrected chi connectivity index (χ3v) is 6.04. The number of carbonyl (C=O) groups excluding carboxylic acids is 2. The zero-order chi connectivity index (χ0) is 20.7. The van der Waals surface area contributed by atoms with E-state index in [0.29, 0.717) is 35.1 Å². The zero-order valence-electron chi connectivity index (χ0n) is 16.9. The number of urea groups is 1. The van der Waals surface area contributed by atoms with E-state index in [0.717, 1.165) is 12.8 Å². The highest BCUT2D eigenvalue weighted by atomic mass is 16.2. The van der Waals surface area contributed by atoms with Crippen LogP contribution in [0.4, 0.5) is 16.7 Å². The van der Waals surface area contributed by atoms with Crippen LogP contribution in [-0.4, -0.2) is 43.6 Å². The van der Waals surface area contributed by atoms with Gasteiger partial charge in [-0.25, -0.2) is 4.79 Å². The number of fused-ring (bicyclic) bond motifs is 1. The summed E-state index contributed by atoms with van der Waals surface area (Å²) in [6.07, 6.45) is 11.8. The molecule has 1 saturated heterocycles. The normalized spacial score (nSPS) is 22.2. The van der Waals surface area contributed by atoms with Crippen LogP contribution in [-0.2, 0) is 4.79 Å². The standard InChI is InChI=1S/C20H26N8O2/c1-11(12-5-3-2-4-6-12)22-18-25-16-13(9-15-17(29)26-20(30)24-15)10-21-28(16)19(27-18)23-14-7-8-14/h9-12,14H,2-8H2,1H3,(H2,22,23,25,27)(H2,24,26,29,30)/b15-9-/t11-/m0/s1. The Bertz CT molecular complexity index is 1020. The Hall–Kier alpha value is -3.17. The van der Waals surface area contributed by atoms with Gasteiger partial charge >= 0.3 is 6.03 Å². The first kappa shape index (κ1) is 18.8. The van der Waals surface area contributed by atoms with Gasteiger partial charge in [-0.3, -0.25) is 10.1 Å². The fraction of sp³-hybridized carbons (Fsp3) is 0.550. The van der Waals surface area contributed by atoms with Crippen LogP contribution in [0.25, 0.3) is 11.7 Å². The first-order valence-corrected chi connectivity index (χ1v) is 10.7. The fourth-order valence-corrected chi connectivity index (χ4v) is 4.16. The van der Waals surface area contributed by atoms with Crippen molar-refractivity contribution in [2.75, 3.05) is 10.6 Å². The molecule has 1 atom stereocenters. The Morgan fingerprint density at radius 2 is 1.93 bits per heavy atom. The average molecular weight is 410 g/mol. The molecule has 10 nitrogen and oxygen atoms in total. The molecule has 0 aromatic carbocycles. The first-order valence-electron chi connectivity index (χ1n) is 10.7. The lowest BCUT2D eigenvalue weighted by molar-refractivity contribution is -0.115. The van der Waals surface area contributed by atoms with E-state index in [1.165, 1.54) is 32.1 Å². The average Bonchev–Trinajstić information content (AvgIpc) is 3.37. The highest BCUT2D eigenvalue weighted by Crippen LogP contribution is 2.29. The predicted octanol–water partition coefficient (Wildman–Crippen LogP) is 2.26. The highest BCUT2D eigenvalue weighted by molar-refractivity contribution is 6.14. The zero-order valence-corrected chi connectivity index (χ0v) is 16.9. The molecule has 3 aliphatic rings. The molecule has 5 rings (SSSR count). The maximum absolute atomic E-state index is 11.9. The maximum atomic E-state index is 11.9. The Balaban J connectivity index is 1.48. The summed E-state index contributed by atoms with van der Waals surface area (Å²) in [7, 11) is 0. The third kappa shape index (κ3) is 3.81. The Morgan fingerprint density at radius 1 is 1.13 bits per heavy atom. The monoisotopic (exact) mass is 410 g/mol. The summed E-state index contributed by atoms with van der Waals surface area (Å²) >= 11 is 0. The number of hydrogen-bond acceptors (Lipinski definition) is 7. The number of rotatable bonds is 6. The quantitative estimate of drug-likeness (QED) is 0.425. The largest absolute Gasteiger partial charge is 0.351 e. The Kier molecular flexibility index (Phi) is 4.76. The van der Waals surface area contributed by atoms with Gasteiger partial charge < -0.3 is 16.0 Å². The van der Waals surface area contributed by atoms with Crippen LogP contribution in [0.2, 0.25) is 0 Å². The number of nitrogens with zero attached hydrogens (tertiary/aromatic N) is 4. The van der Waals surface area contributed by atoms with Gasteiger partial charge in [0, 0.05) is 17.6 Å². The van der Waals surface area contributed by atoms with Crippen LogP contribution in [0.5, 0.6) is 0 Å². The second kappa shape index (κ2) is 7.58. The van der Waals surface area contributed by atoms with E-state index in [4.69, 9.17) is 4.98 Å². The van der Waals surface area contributed by atoms with Gasteiger partial charge in [-0.15, -0.1) is 0 Å². The molecule has 2 aliphatic carbocycles. The van der Waals surface area contributed by atoms with Crippen molar-refractivity contribution in [1.29, 1.82) is 0 Å². The molecule has 2 saturated carbocycles. The number of aromatic nitrogens is 4. The number of anilines is 2. The van der Waals surface area contributed by atoms with Crippen LogP contribution in [0.1, 0.15) is 57.4 Å². The van der Waals surface area contributed by atoms with Crippen molar-refractivity contribution in [3.05, 3.63) is 17.5 Å². The topological polar surface area (TPSA) is 125 Å². The molecule has 1 aliphatic heterocycles. The molecule has 2 aromatic rings. The summed E-state index contributed by atoms with van der Waals surface area (Å²) in [5.74, 6) is 1.32. The molecule has 10 heteroatoms. The van der Waals surface area contributed by atoms with E-state index < -0.39 is 11.9 Å². The summed E-state index contributed by atoms with van der Waals surface area (Å²) in [6, 6.07) is 0.140. The van der Waals surface area contributed by atoms with Crippen molar-refractivity contribution in [2.24, 2.45) is 5.92 Å². The van der Waals surface area contributed by atoms with E-state index in [1.54, 1.807) is 16.8 Å². The van der Waals surface area contributed by atoms with Crippen LogP contribution in [0.15, 0.2) is 11.9 Å². The van der Waals surface area contributed by atoms with Crippen molar-refractivity contribution in [3.8, 4) is 0 Å². The molecule has 158 valence electrons. The van der Waals surface area contributed by atoms with E-state index in [1.807, 2.05) is 0 Å². The molecule has 0 bridgehead atoms. The van der Waals surface area contributed by atoms with Crippen molar-refractivity contribution in [1.82, 2.24) is 30.2 Å². The van der Waals surface area contributed by atoms with Crippen LogP contribution >= 0.6 is 0 Å². The van der Waals surface area contributed by atoms with Gasteiger partial charge in [0.15, 0.2) is 5.65 Å². The first-order chi connectivity index (χ1) is 14.6. The van der Waals surface area contributed by atoms with Crippen molar-refractivity contribution in [2.45, 2.75) is 64.0 Å². The lowest BCUT2D eigenvalue weighted by atomic mass is 9.85. The molecule has 0 unspecified atom stereocenters. The molecule has 30 heavy (non-hydrogen) atoms. The summed E-state index contributed by atoms with van der Waals surface area (Å²) in [5, 5.41) is 16.0. The smallest absolute Gasteiger partial charge is 0.326 e. The summed E-state index contributed by atoms with van der Waals surface area (Å²) in [5.41, 5.74) is 1.39. The minimum absolute atomic E-state index is 0.176. The Labute approximate surface area is 173 Å². The van der Waals surface area contributed by atoms with Crippen molar-refractivity contribution < 1.29 is 9.59 Å². The van der Waals surface area contributed by atoms with Crippen LogP contribution < -0.4 is 21.3 Å². The minimum Gasteiger partial charge on any atom is -0.351 e. The van der Waals surface area contributed by atoms with Gasteiger partial charge in [0.05, 0.1) is 6.20 Å². The second-order valence-corrected chi connectivity index (χ2v) is 8.42. The molecular weight excluding hydrogens is 384 g/mol. The summed E-state index contributed by atoms with van der Waals surface area (Å²) in [4.78, 5) is 32.7. The summed E-state index contributed by atoms with van der Waals surface area (Å²) in [6.45, 7) is 2.19. The SMILES string of the molecule is C[C@H](Nc1nc(NC2CC2)n2ncc(/C=C3\NC(=O)NC3=O)c2n1)C1CCCCC1. The summed E-state index contributed by atoms with van der Waals surface area (Å²) < 4.78 is 1.65. The van der Waals surface area contributed by atoms with E-state index in [-0.39, 0.29) is 11.7 Å². The molecule has 3 amide bonds. The van der Waals surface area contributed by atoms with Gasteiger partial charge in [0.2, 0.25) is 11.9 Å². The maximum Gasteiger partial charge on any atom is 0.326 e. The van der Waals surface area contributed by atoms with Crippen LogP contribution in [0, 0.1) is 5.92 Å². The van der Waals surface area contributed by atoms with E-state index in [9.17, 15) is 9.59 Å². The van der Waals surface area contributed by atoms with Gasteiger partial charge in [0.25, 0.3) is 5.91 Å². The van der Waals surface area contributed by atoms with Crippen LogP contribution in [0.3, 0.4) is 0 Å². The number of carbonyl (C=O) groups is 2. The fourth-order valence-electron chi connectivity index (χ4n) is 4.16. The molecule has 3 heterocycles.